The SMILES string of the molecule is Cn1c(NC(=O)Cc2ccc(OC(F)(F)F)cc2)nc2cc(Cl)ccc21. The smallest absolute Gasteiger partial charge is 0.406 e. The maximum atomic E-state index is 12.2. The molecule has 0 aliphatic heterocycles. The van der Waals surface area contributed by atoms with Crippen LogP contribution in [0.4, 0.5) is 19.1 Å². The van der Waals surface area contributed by atoms with Crippen LogP contribution in [0, 0.1) is 0 Å². The molecule has 0 saturated heterocycles. The number of nitrogens with zero attached hydrogens (tertiary/aromatic N) is 2. The highest BCUT2D eigenvalue weighted by Gasteiger charge is 2.30. The molecule has 5 nitrogen and oxygen atoms in total. The highest BCUT2D eigenvalue weighted by Crippen LogP contribution is 2.24. The fourth-order valence-electron chi connectivity index (χ4n) is 2.45. The fraction of sp³-hybridized carbons (Fsp3) is 0.176. The summed E-state index contributed by atoms with van der Waals surface area (Å²) in [5, 5.41) is 3.22. The number of hydrogen-bond donors (Lipinski definition) is 1. The van der Waals surface area contributed by atoms with E-state index in [1.165, 1.54) is 12.1 Å². The summed E-state index contributed by atoms with van der Waals surface area (Å²) in [6.07, 6.45) is -4.77. The molecule has 0 bridgehead atoms. The minimum atomic E-state index is -4.75. The van der Waals surface area contributed by atoms with Gasteiger partial charge < -0.3 is 9.30 Å². The van der Waals surface area contributed by atoms with Crippen molar-refractivity contribution in [2.45, 2.75) is 12.8 Å². The number of imidazole rings is 1. The zero-order valence-electron chi connectivity index (χ0n) is 13.5. The van der Waals surface area contributed by atoms with E-state index in [0.29, 0.717) is 22.1 Å². The summed E-state index contributed by atoms with van der Waals surface area (Å²) >= 11 is 5.93. The maximum absolute atomic E-state index is 12.2. The molecule has 1 amide bonds. The van der Waals surface area contributed by atoms with Crippen LogP contribution in [0.1, 0.15) is 5.56 Å². The normalized spacial score (nSPS) is 11.6. The largest absolute Gasteiger partial charge is 0.573 e. The minimum absolute atomic E-state index is 0.0176. The van der Waals surface area contributed by atoms with Gasteiger partial charge in [-0.2, -0.15) is 0 Å². The molecule has 1 N–H and O–H groups in total. The Morgan fingerprint density at radius 1 is 1.23 bits per heavy atom. The molecule has 2 aromatic carbocycles. The zero-order chi connectivity index (χ0) is 18.9. The third-order valence-electron chi connectivity index (χ3n) is 3.62. The van der Waals surface area contributed by atoms with Gasteiger partial charge in [0.2, 0.25) is 11.9 Å². The van der Waals surface area contributed by atoms with Gasteiger partial charge in [-0.1, -0.05) is 23.7 Å². The Morgan fingerprint density at radius 3 is 2.58 bits per heavy atom. The van der Waals surface area contributed by atoms with Crippen molar-refractivity contribution in [3.05, 3.63) is 53.1 Å². The summed E-state index contributed by atoms with van der Waals surface area (Å²) in [7, 11) is 1.75. The third kappa shape index (κ3) is 4.26. The number of benzene rings is 2. The van der Waals surface area contributed by atoms with Gasteiger partial charge in [0.05, 0.1) is 17.5 Å². The van der Waals surface area contributed by atoms with Crippen LogP contribution in [0.2, 0.25) is 5.02 Å². The van der Waals surface area contributed by atoms with Crippen LogP contribution in [0.25, 0.3) is 11.0 Å². The number of carbonyl (C=O) groups excluding carboxylic acids is 1. The number of hydrogen-bond acceptors (Lipinski definition) is 3. The Hall–Kier alpha value is -2.74. The quantitative estimate of drug-likeness (QED) is 0.730. The summed E-state index contributed by atoms with van der Waals surface area (Å²) in [6, 6.07) is 10.3. The Kier molecular flexibility index (Phi) is 4.78. The third-order valence-corrected chi connectivity index (χ3v) is 3.85. The predicted octanol–water partition coefficient (Wildman–Crippen LogP) is 4.31. The summed E-state index contributed by atoms with van der Waals surface area (Å²) < 4.78 is 41.9. The van der Waals surface area contributed by atoms with E-state index in [9.17, 15) is 18.0 Å². The van der Waals surface area contributed by atoms with Gasteiger partial charge >= 0.3 is 6.36 Å². The van der Waals surface area contributed by atoms with Gasteiger partial charge in [0.25, 0.3) is 0 Å². The lowest BCUT2D eigenvalue weighted by Gasteiger charge is -2.09. The van der Waals surface area contributed by atoms with Crippen LogP contribution < -0.4 is 10.1 Å². The molecule has 0 aliphatic carbocycles. The molecule has 0 unspecified atom stereocenters. The molecule has 0 fully saturated rings. The van der Waals surface area contributed by atoms with Gasteiger partial charge in [-0.05, 0) is 35.9 Å². The molecule has 0 atom stereocenters. The molecule has 9 heteroatoms. The fourth-order valence-corrected chi connectivity index (χ4v) is 2.61. The Morgan fingerprint density at radius 2 is 1.92 bits per heavy atom. The number of nitrogens with one attached hydrogen (secondary N) is 1. The van der Waals surface area contributed by atoms with Crippen molar-refractivity contribution in [2.75, 3.05) is 5.32 Å². The molecule has 0 aliphatic rings. The monoisotopic (exact) mass is 383 g/mol. The van der Waals surface area contributed by atoms with Gasteiger partial charge in [0.15, 0.2) is 0 Å². The minimum Gasteiger partial charge on any atom is -0.406 e. The average Bonchev–Trinajstić information content (AvgIpc) is 2.83. The van der Waals surface area contributed by atoms with Crippen LogP contribution in [-0.4, -0.2) is 21.8 Å². The van der Waals surface area contributed by atoms with Crippen LogP contribution in [-0.2, 0) is 18.3 Å². The Bertz CT molecular complexity index is 952. The van der Waals surface area contributed by atoms with E-state index in [-0.39, 0.29) is 18.1 Å². The van der Waals surface area contributed by atoms with Crippen molar-refractivity contribution < 1.29 is 22.7 Å². The Balaban J connectivity index is 1.68. The number of halogens is 4. The average molecular weight is 384 g/mol. The number of aryl methyl sites for hydroxylation is 1. The second kappa shape index (κ2) is 6.87. The van der Waals surface area contributed by atoms with Gasteiger partial charge in [-0.25, -0.2) is 4.98 Å². The number of amides is 1. The topological polar surface area (TPSA) is 56.2 Å². The Labute approximate surface area is 151 Å². The lowest BCUT2D eigenvalue weighted by atomic mass is 10.1. The molecule has 0 saturated carbocycles. The van der Waals surface area contributed by atoms with Gasteiger partial charge in [-0.3, -0.25) is 10.1 Å². The molecule has 136 valence electrons. The van der Waals surface area contributed by atoms with Crippen LogP contribution in [0.15, 0.2) is 42.5 Å². The molecule has 0 radical (unpaired) electrons. The highest BCUT2D eigenvalue weighted by atomic mass is 35.5. The zero-order valence-corrected chi connectivity index (χ0v) is 14.2. The molecular weight excluding hydrogens is 371 g/mol. The second-order valence-electron chi connectivity index (χ2n) is 5.54. The van der Waals surface area contributed by atoms with Crippen molar-refractivity contribution in [2.24, 2.45) is 7.05 Å². The van der Waals surface area contributed by atoms with Gasteiger partial charge in [0.1, 0.15) is 5.75 Å². The number of aromatic nitrogens is 2. The lowest BCUT2D eigenvalue weighted by molar-refractivity contribution is -0.274. The number of anilines is 1. The summed E-state index contributed by atoms with van der Waals surface area (Å²) in [6.45, 7) is 0. The molecule has 26 heavy (non-hydrogen) atoms. The number of carbonyl (C=O) groups is 1. The number of ether oxygens (including phenoxy) is 1. The number of rotatable bonds is 4. The van der Waals surface area contributed by atoms with Crippen LogP contribution >= 0.6 is 11.6 Å². The van der Waals surface area contributed by atoms with E-state index in [1.807, 2.05) is 0 Å². The first-order chi connectivity index (χ1) is 12.2. The second-order valence-corrected chi connectivity index (χ2v) is 5.98. The van der Waals surface area contributed by atoms with Crippen molar-refractivity contribution in [1.82, 2.24) is 9.55 Å². The van der Waals surface area contributed by atoms with E-state index in [4.69, 9.17) is 11.6 Å². The molecule has 3 aromatic rings. The van der Waals surface area contributed by atoms with Crippen LogP contribution in [0.5, 0.6) is 5.75 Å². The van der Waals surface area contributed by atoms with Crippen molar-refractivity contribution in [1.29, 1.82) is 0 Å². The maximum Gasteiger partial charge on any atom is 0.573 e. The lowest BCUT2D eigenvalue weighted by Crippen LogP contribution is -2.18. The first kappa shape index (κ1) is 18.1. The first-order valence-corrected chi connectivity index (χ1v) is 7.85. The van der Waals surface area contributed by atoms with Gasteiger partial charge in [-0.15, -0.1) is 13.2 Å². The molecular formula is C17H13ClF3N3O2. The number of alkyl halides is 3. The van der Waals surface area contributed by atoms with E-state index >= 15 is 0 Å². The van der Waals surface area contributed by atoms with Gasteiger partial charge in [0, 0.05) is 12.1 Å². The predicted molar refractivity (Wildman–Crippen MR) is 91.2 cm³/mol. The van der Waals surface area contributed by atoms with Crippen molar-refractivity contribution in [3.8, 4) is 5.75 Å². The summed E-state index contributed by atoms with van der Waals surface area (Å²) in [5.41, 5.74) is 1.99. The summed E-state index contributed by atoms with van der Waals surface area (Å²) in [5.74, 6) is -0.336. The standard InChI is InChI=1S/C17H13ClF3N3O2/c1-24-14-7-4-11(18)9-13(14)22-16(24)23-15(25)8-10-2-5-12(6-3-10)26-17(19,20)21/h2-7,9H,8H2,1H3,(H,22,23,25). The van der Waals surface area contributed by atoms with Crippen LogP contribution in [0.3, 0.4) is 0 Å². The van der Waals surface area contributed by atoms with Crippen molar-refractivity contribution >= 4 is 34.5 Å². The van der Waals surface area contributed by atoms with E-state index in [0.717, 1.165) is 17.6 Å². The van der Waals surface area contributed by atoms with E-state index in [2.05, 4.69) is 15.0 Å². The van der Waals surface area contributed by atoms with Crippen molar-refractivity contribution in [3.63, 3.8) is 0 Å². The van der Waals surface area contributed by atoms with E-state index in [1.54, 1.807) is 29.8 Å². The molecule has 3 rings (SSSR count). The number of fused-ring (bicyclic) bond motifs is 1. The summed E-state index contributed by atoms with van der Waals surface area (Å²) in [4.78, 5) is 16.5. The first-order valence-electron chi connectivity index (χ1n) is 7.48. The highest BCUT2D eigenvalue weighted by molar-refractivity contribution is 6.31. The van der Waals surface area contributed by atoms with E-state index < -0.39 is 6.36 Å². The molecule has 1 heterocycles. The molecule has 1 aromatic heterocycles. The molecule has 0 spiro atoms.